The zero-order valence-electron chi connectivity index (χ0n) is 20.9. The number of phenolic OH excluding ortho intramolecular Hbond substituents is 1. The molecular weight excluding hydrogens is 468 g/mol. The molecule has 0 aliphatic carbocycles. The molecule has 2 aromatic carbocycles. The monoisotopic (exact) mass is 495 g/mol. The van der Waals surface area contributed by atoms with Crippen LogP contribution in [0.25, 0.3) is 43.6 Å². The van der Waals surface area contributed by atoms with Gasteiger partial charge in [0.2, 0.25) is 17.9 Å². The van der Waals surface area contributed by atoms with Crippen molar-refractivity contribution in [2.75, 3.05) is 21.3 Å². The molecule has 186 valence electrons. The Kier molecular flexibility index (Phi) is 4.73. The number of aryl methyl sites for hydroxylation is 1. The minimum absolute atomic E-state index is 0.0190. The van der Waals surface area contributed by atoms with E-state index in [2.05, 4.69) is 26.8 Å². The number of pyridine rings is 2. The quantitative estimate of drug-likeness (QED) is 0.289. The molecule has 8 nitrogen and oxygen atoms in total. The summed E-state index contributed by atoms with van der Waals surface area (Å²) in [6.07, 6.45) is 6.74. The number of methoxy groups -OCH3 is 3. The van der Waals surface area contributed by atoms with Crippen LogP contribution in [0.15, 0.2) is 48.8 Å². The molecule has 5 heterocycles. The molecule has 0 saturated heterocycles. The fourth-order valence-electron chi connectivity index (χ4n) is 6.10. The van der Waals surface area contributed by atoms with Crippen molar-refractivity contribution in [1.29, 1.82) is 0 Å². The Morgan fingerprint density at radius 2 is 1.54 bits per heavy atom. The number of aromatic amines is 2. The van der Waals surface area contributed by atoms with Crippen molar-refractivity contribution >= 4 is 43.6 Å². The third kappa shape index (κ3) is 2.95. The van der Waals surface area contributed by atoms with Crippen molar-refractivity contribution in [3.05, 3.63) is 60.2 Å². The Morgan fingerprint density at radius 1 is 0.838 bits per heavy atom. The third-order valence-electron chi connectivity index (χ3n) is 7.74. The fourth-order valence-corrected chi connectivity index (χ4v) is 6.10. The van der Waals surface area contributed by atoms with Crippen LogP contribution in [-0.4, -0.2) is 41.4 Å². The molecule has 0 spiro atoms. The van der Waals surface area contributed by atoms with Crippen molar-refractivity contribution < 1.29 is 23.9 Å². The first-order valence-electron chi connectivity index (χ1n) is 12.4. The largest absolute Gasteiger partial charge is 0.506 e. The van der Waals surface area contributed by atoms with Gasteiger partial charge >= 0.3 is 0 Å². The van der Waals surface area contributed by atoms with Gasteiger partial charge in [-0.3, -0.25) is 0 Å². The van der Waals surface area contributed by atoms with Gasteiger partial charge in [-0.25, -0.2) is 4.98 Å². The first-order valence-corrected chi connectivity index (χ1v) is 12.4. The van der Waals surface area contributed by atoms with E-state index in [0.29, 0.717) is 0 Å². The first-order chi connectivity index (χ1) is 18.1. The van der Waals surface area contributed by atoms with Crippen LogP contribution < -0.4 is 18.8 Å². The number of H-pyrrole nitrogens is 2. The van der Waals surface area contributed by atoms with Gasteiger partial charge in [-0.15, -0.1) is 0 Å². The van der Waals surface area contributed by atoms with Crippen LogP contribution in [0, 0.1) is 0 Å². The number of para-hydroxylation sites is 2. The number of rotatable bonds is 4. The lowest BCUT2D eigenvalue weighted by atomic mass is 9.95. The van der Waals surface area contributed by atoms with Crippen LogP contribution >= 0.6 is 0 Å². The van der Waals surface area contributed by atoms with Crippen LogP contribution in [0.4, 0.5) is 0 Å². The fraction of sp³-hybridized carbons (Fsp3) is 0.241. The van der Waals surface area contributed by atoms with E-state index in [0.717, 1.165) is 85.8 Å². The number of fused-ring (bicyclic) bond motifs is 8. The predicted octanol–water partition coefficient (Wildman–Crippen LogP) is 5.30. The van der Waals surface area contributed by atoms with Crippen LogP contribution in [0.5, 0.6) is 23.0 Å². The lowest BCUT2D eigenvalue weighted by Gasteiger charge is -2.21. The number of ether oxygens (including phenoxy) is 3. The molecule has 0 unspecified atom stereocenters. The lowest BCUT2D eigenvalue weighted by molar-refractivity contribution is -0.725. The summed E-state index contributed by atoms with van der Waals surface area (Å²) >= 11 is 0. The van der Waals surface area contributed by atoms with Gasteiger partial charge in [0, 0.05) is 23.6 Å². The summed E-state index contributed by atoms with van der Waals surface area (Å²) in [4.78, 5) is 12.0. The van der Waals surface area contributed by atoms with Crippen molar-refractivity contribution in [2.45, 2.75) is 25.3 Å². The third-order valence-corrected chi connectivity index (χ3v) is 7.74. The average Bonchev–Trinajstić information content (AvgIpc) is 3.52. The van der Waals surface area contributed by atoms with E-state index < -0.39 is 0 Å². The average molecular weight is 496 g/mol. The minimum Gasteiger partial charge on any atom is -0.506 e. The van der Waals surface area contributed by atoms with Crippen LogP contribution in [0.2, 0.25) is 0 Å². The molecule has 6 aromatic rings. The second-order valence-electron chi connectivity index (χ2n) is 9.50. The van der Waals surface area contributed by atoms with Crippen molar-refractivity contribution in [3.8, 4) is 23.0 Å². The molecule has 4 aromatic heterocycles. The number of benzene rings is 2. The van der Waals surface area contributed by atoms with E-state index in [1.807, 2.05) is 30.5 Å². The number of aromatic hydroxyl groups is 1. The van der Waals surface area contributed by atoms with Gasteiger partial charge in [0.1, 0.15) is 28.5 Å². The number of aromatic nitrogens is 4. The highest BCUT2D eigenvalue weighted by atomic mass is 16.5. The zero-order chi connectivity index (χ0) is 25.3. The highest BCUT2D eigenvalue weighted by molar-refractivity contribution is 6.13. The maximum absolute atomic E-state index is 10.5. The molecule has 0 saturated carbocycles. The summed E-state index contributed by atoms with van der Waals surface area (Å²) in [5.74, 6) is 2.48. The van der Waals surface area contributed by atoms with E-state index >= 15 is 0 Å². The summed E-state index contributed by atoms with van der Waals surface area (Å²) in [7, 11) is 5.04. The van der Waals surface area contributed by atoms with Crippen LogP contribution in [0.1, 0.15) is 30.3 Å². The minimum atomic E-state index is -0.0190. The standard InChI is InChI=1S/C29H26N4O4/c1-35-20-12-5-8-16-23-21(36-2)13-30-28(29(23)32-26(16)20)18-10-6-9-17-27-24(22(37-3)14-33(17)18)15-7-4-11-19(34)25(15)31-27/h4-5,7-8,11-14,18H,6,9-10H2,1-3H3,(H2,30,32,34)/p+1/t18-/m1/s1. The summed E-state index contributed by atoms with van der Waals surface area (Å²) in [6, 6.07) is 11.6. The van der Waals surface area contributed by atoms with E-state index in [1.165, 1.54) is 5.69 Å². The van der Waals surface area contributed by atoms with E-state index in [4.69, 9.17) is 19.2 Å². The molecule has 1 aliphatic rings. The molecule has 1 aliphatic heterocycles. The second kappa shape index (κ2) is 8.03. The molecule has 7 rings (SSSR count). The summed E-state index contributed by atoms with van der Waals surface area (Å²) in [5, 5.41) is 14.5. The maximum Gasteiger partial charge on any atom is 0.212 e. The van der Waals surface area contributed by atoms with E-state index in [-0.39, 0.29) is 11.8 Å². The number of hydrogen-bond acceptors (Lipinski definition) is 5. The Balaban J connectivity index is 1.53. The maximum atomic E-state index is 10.5. The normalized spacial score (nSPS) is 15.5. The molecule has 1 atom stereocenters. The Labute approximate surface area is 212 Å². The van der Waals surface area contributed by atoms with Gasteiger partial charge in [0.05, 0.1) is 54.8 Å². The van der Waals surface area contributed by atoms with Crippen molar-refractivity contribution in [2.24, 2.45) is 0 Å². The smallest absolute Gasteiger partial charge is 0.212 e. The molecule has 0 radical (unpaired) electrons. The molecule has 8 heteroatoms. The van der Waals surface area contributed by atoms with Gasteiger partial charge in [-0.2, -0.15) is 4.57 Å². The van der Waals surface area contributed by atoms with Gasteiger partial charge in [0.25, 0.3) is 0 Å². The number of hydrogen-bond donors (Lipinski definition) is 3. The SMILES string of the molecule is COc1cccc2c1[nH]c1c([C@H]3CCCc4c5[nH]c6c(O)cccc6c5c(OC)c[n+]43)ncc(OC)c12. The predicted molar refractivity (Wildman–Crippen MR) is 142 cm³/mol. The molecule has 37 heavy (non-hydrogen) atoms. The van der Waals surface area contributed by atoms with Crippen LogP contribution in [0.3, 0.4) is 0 Å². The van der Waals surface area contributed by atoms with Crippen molar-refractivity contribution in [3.63, 3.8) is 0 Å². The van der Waals surface area contributed by atoms with E-state index in [9.17, 15) is 5.11 Å². The van der Waals surface area contributed by atoms with Gasteiger partial charge in [-0.05, 0) is 18.6 Å². The highest BCUT2D eigenvalue weighted by Crippen LogP contribution is 2.42. The number of phenols is 1. The topological polar surface area (TPSA) is 96.3 Å². The second-order valence-corrected chi connectivity index (χ2v) is 9.50. The Bertz CT molecular complexity index is 1850. The highest BCUT2D eigenvalue weighted by Gasteiger charge is 2.36. The number of nitrogens with zero attached hydrogens (tertiary/aromatic N) is 2. The molecular formula is C29H27N4O4+. The zero-order valence-corrected chi connectivity index (χ0v) is 20.9. The number of nitrogens with one attached hydrogen (secondary N) is 2. The lowest BCUT2D eigenvalue weighted by Crippen LogP contribution is -2.47. The first kappa shape index (κ1) is 21.8. The molecule has 0 fully saturated rings. The van der Waals surface area contributed by atoms with Gasteiger partial charge < -0.3 is 29.3 Å². The summed E-state index contributed by atoms with van der Waals surface area (Å²) < 4.78 is 19.6. The van der Waals surface area contributed by atoms with Crippen LogP contribution in [-0.2, 0) is 6.42 Å². The summed E-state index contributed by atoms with van der Waals surface area (Å²) in [5.41, 5.74) is 5.69. The molecule has 0 amide bonds. The van der Waals surface area contributed by atoms with Gasteiger partial charge in [0.15, 0.2) is 5.75 Å². The Hall–Kier alpha value is -4.46. The molecule has 3 N–H and O–H groups in total. The van der Waals surface area contributed by atoms with Crippen molar-refractivity contribution in [1.82, 2.24) is 15.0 Å². The summed E-state index contributed by atoms with van der Waals surface area (Å²) in [6.45, 7) is 0. The van der Waals surface area contributed by atoms with E-state index in [1.54, 1.807) is 27.4 Å². The Morgan fingerprint density at radius 3 is 2.32 bits per heavy atom. The molecule has 0 bridgehead atoms. The van der Waals surface area contributed by atoms with Gasteiger partial charge in [-0.1, -0.05) is 24.3 Å².